The predicted octanol–water partition coefficient (Wildman–Crippen LogP) is 2.84. The van der Waals surface area contributed by atoms with Gasteiger partial charge in [-0.3, -0.25) is 4.68 Å². The van der Waals surface area contributed by atoms with Gasteiger partial charge in [-0.25, -0.2) is 0 Å². The monoisotopic (exact) mass is 305 g/mol. The van der Waals surface area contributed by atoms with E-state index in [0.29, 0.717) is 18.9 Å². The fourth-order valence-corrected chi connectivity index (χ4v) is 2.65. The van der Waals surface area contributed by atoms with E-state index in [1.165, 1.54) is 25.7 Å². The molecule has 0 saturated heterocycles. The van der Waals surface area contributed by atoms with Gasteiger partial charge in [0, 0.05) is 25.3 Å². The average molecular weight is 305 g/mol. The highest BCUT2D eigenvalue weighted by atomic mass is 19.4. The molecule has 2 N–H and O–H groups in total. The lowest BCUT2D eigenvalue weighted by Crippen LogP contribution is -2.26. The van der Waals surface area contributed by atoms with Gasteiger partial charge in [-0.05, 0) is 25.3 Å². The standard InChI is InChI=1S/C14H22F3N3O/c15-14(16,17)10-21-8-6-11(18)9-12-5-7-20(19-12)13-3-1-2-4-13/h5,7,11,13H,1-4,6,8-10,18H2. The van der Waals surface area contributed by atoms with Gasteiger partial charge >= 0.3 is 6.18 Å². The highest BCUT2D eigenvalue weighted by Crippen LogP contribution is 2.28. The molecule has 2 rings (SSSR count). The van der Waals surface area contributed by atoms with Crippen molar-refractivity contribution in [2.75, 3.05) is 13.2 Å². The molecule has 1 aliphatic rings. The van der Waals surface area contributed by atoms with Gasteiger partial charge in [-0.2, -0.15) is 18.3 Å². The third-order valence-corrected chi connectivity index (χ3v) is 3.73. The summed E-state index contributed by atoms with van der Waals surface area (Å²) in [5.74, 6) is 0. The summed E-state index contributed by atoms with van der Waals surface area (Å²) in [6.45, 7) is -1.19. The second-order valence-corrected chi connectivity index (χ2v) is 5.65. The first-order valence-electron chi connectivity index (χ1n) is 7.38. The van der Waals surface area contributed by atoms with Gasteiger partial charge in [0.05, 0.1) is 11.7 Å². The summed E-state index contributed by atoms with van der Waals surface area (Å²) in [7, 11) is 0. The Morgan fingerprint density at radius 2 is 2.10 bits per heavy atom. The molecule has 1 saturated carbocycles. The molecule has 1 heterocycles. The topological polar surface area (TPSA) is 53.1 Å². The maximum Gasteiger partial charge on any atom is 0.411 e. The molecule has 0 radical (unpaired) electrons. The largest absolute Gasteiger partial charge is 0.411 e. The third-order valence-electron chi connectivity index (χ3n) is 3.73. The molecule has 0 bridgehead atoms. The summed E-state index contributed by atoms with van der Waals surface area (Å²) in [5.41, 5.74) is 6.80. The first kappa shape index (κ1) is 16.3. The molecule has 1 aliphatic carbocycles. The lowest BCUT2D eigenvalue weighted by Gasteiger charge is -2.12. The van der Waals surface area contributed by atoms with Crippen molar-refractivity contribution in [2.45, 2.75) is 56.8 Å². The van der Waals surface area contributed by atoms with Crippen molar-refractivity contribution >= 4 is 0 Å². The molecule has 1 aromatic heterocycles. The van der Waals surface area contributed by atoms with Crippen molar-refractivity contribution in [3.63, 3.8) is 0 Å². The van der Waals surface area contributed by atoms with Crippen LogP contribution in [-0.2, 0) is 11.2 Å². The zero-order valence-corrected chi connectivity index (χ0v) is 12.0. The van der Waals surface area contributed by atoms with E-state index in [-0.39, 0.29) is 12.6 Å². The first-order chi connectivity index (χ1) is 9.94. The van der Waals surface area contributed by atoms with Gasteiger partial charge in [0.15, 0.2) is 0 Å². The molecule has 0 spiro atoms. The first-order valence-corrected chi connectivity index (χ1v) is 7.38. The minimum Gasteiger partial charge on any atom is -0.372 e. The number of ether oxygens (including phenoxy) is 1. The fraction of sp³-hybridized carbons (Fsp3) is 0.786. The number of halogens is 3. The zero-order chi connectivity index (χ0) is 15.3. The van der Waals surface area contributed by atoms with E-state index < -0.39 is 12.8 Å². The van der Waals surface area contributed by atoms with E-state index >= 15 is 0 Å². The minimum absolute atomic E-state index is 0.0179. The van der Waals surface area contributed by atoms with Gasteiger partial charge < -0.3 is 10.5 Å². The summed E-state index contributed by atoms with van der Waals surface area (Å²) in [4.78, 5) is 0. The summed E-state index contributed by atoms with van der Waals surface area (Å²) in [5, 5.41) is 4.52. The quantitative estimate of drug-likeness (QED) is 0.788. The van der Waals surface area contributed by atoms with E-state index in [1.807, 2.05) is 16.9 Å². The second-order valence-electron chi connectivity index (χ2n) is 5.65. The SMILES string of the molecule is NC(CCOCC(F)(F)F)Cc1ccn(C2CCCC2)n1. The Hall–Kier alpha value is -1.08. The van der Waals surface area contributed by atoms with Crippen LogP contribution in [0, 0.1) is 0 Å². The van der Waals surface area contributed by atoms with Crippen LogP contribution in [0.2, 0.25) is 0 Å². The molecule has 120 valence electrons. The summed E-state index contributed by atoms with van der Waals surface area (Å²) in [6.07, 6.45) is 3.48. The fourth-order valence-electron chi connectivity index (χ4n) is 2.65. The normalized spacial score (nSPS) is 18.3. The average Bonchev–Trinajstić information content (AvgIpc) is 3.03. The van der Waals surface area contributed by atoms with Crippen LogP contribution in [0.1, 0.15) is 43.8 Å². The number of nitrogens with zero attached hydrogens (tertiary/aromatic N) is 2. The van der Waals surface area contributed by atoms with Crippen LogP contribution in [0.4, 0.5) is 13.2 Å². The molecule has 0 amide bonds. The van der Waals surface area contributed by atoms with Crippen LogP contribution in [0.3, 0.4) is 0 Å². The van der Waals surface area contributed by atoms with Crippen molar-refractivity contribution in [2.24, 2.45) is 5.73 Å². The van der Waals surface area contributed by atoms with Crippen molar-refractivity contribution in [3.05, 3.63) is 18.0 Å². The Morgan fingerprint density at radius 1 is 1.38 bits per heavy atom. The Morgan fingerprint density at radius 3 is 2.76 bits per heavy atom. The molecular weight excluding hydrogens is 283 g/mol. The lowest BCUT2D eigenvalue weighted by atomic mass is 10.1. The summed E-state index contributed by atoms with van der Waals surface area (Å²) >= 11 is 0. The van der Waals surface area contributed by atoms with Crippen LogP contribution >= 0.6 is 0 Å². The Kier molecular flexibility index (Phi) is 5.64. The predicted molar refractivity (Wildman–Crippen MR) is 72.9 cm³/mol. The Labute approximate surface area is 122 Å². The van der Waals surface area contributed by atoms with Gasteiger partial charge in [0.2, 0.25) is 0 Å². The van der Waals surface area contributed by atoms with Gasteiger partial charge in [0.1, 0.15) is 6.61 Å². The molecule has 1 unspecified atom stereocenters. The third kappa shape index (κ3) is 5.67. The van der Waals surface area contributed by atoms with E-state index in [9.17, 15) is 13.2 Å². The molecule has 1 fully saturated rings. The number of nitrogens with two attached hydrogens (primary N) is 1. The van der Waals surface area contributed by atoms with Crippen molar-refractivity contribution in [3.8, 4) is 0 Å². The highest BCUT2D eigenvalue weighted by Gasteiger charge is 2.27. The van der Waals surface area contributed by atoms with Crippen molar-refractivity contribution < 1.29 is 17.9 Å². The van der Waals surface area contributed by atoms with Crippen LogP contribution in [0.25, 0.3) is 0 Å². The molecular formula is C14H22F3N3O. The number of aromatic nitrogens is 2. The van der Waals surface area contributed by atoms with Crippen LogP contribution in [0.5, 0.6) is 0 Å². The maximum atomic E-state index is 11.9. The van der Waals surface area contributed by atoms with Gasteiger partial charge in [-0.1, -0.05) is 12.8 Å². The smallest absolute Gasteiger partial charge is 0.372 e. The molecule has 0 aromatic carbocycles. The second kappa shape index (κ2) is 7.26. The summed E-state index contributed by atoms with van der Waals surface area (Å²) in [6, 6.07) is 2.20. The molecule has 1 atom stereocenters. The summed E-state index contributed by atoms with van der Waals surface area (Å²) < 4.78 is 42.3. The highest BCUT2D eigenvalue weighted by molar-refractivity contribution is 5.02. The number of hydrogen-bond acceptors (Lipinski definition) is 3. The van der Waals surface area contributed by atoms with E-state index in [0.717, 1.165) is 5.69 Å². The number of rotatable bonds is 7. The Balaban J connectivity index is 1.69. The van der Waals surface area contributed by atoms with E-state index in [1.54, 1.807) is 0 Å². The van der Waals surface area contributed by atoms with Crippen LogP contribution in [0.15, 0.2) is 12.3 Å². The van der Waals surface area contributed by atoms with Gasteiger partial charge in [-0.15, -0.1) is 0 Å². The maximum absolute atomic E-state index is 11.9. The Bertz CT molecular complexity index is 427. The molecule has 7 heteroatoms. The zero-order valence-electron chi connectivity index (χ0n) is 12.0. The molecule has 0 aliphatic heterocycles. The van der Waals surface area contributed by atoms with E-state index in [2.05, 4.69) is 9.84 Å². The molecule has 1 aromatic rings. The van der Waals surface area contributed by atoms with Gasteiger partial charge in [0.25, 0.3) is 0 Å². The van der Waals surface area contributed by atoms with Crippen LogP contribution < -0.4 is 5.73 Å². The lowest BCUT2D eigenvalue weighted by molar-refractivity contribution is -0.174. The minimum atomic E-state index is -4.27. The number of alkyl halides is 3. The van der Waals surface area contributed by atoms with Crippen LogP contribution in [-0.4, -0.2) is 35.2 Å². The molecule has 4 nitrogen and oxygen atoms in total. The van der Waals surface area contributed by atoms with Crippen molar-refractivity contribution in [1.29, 1.82) is 0 Å². The number of hydrogen-bond donors (Lipinski definition) is 1. The van der Waals surface area contributed by atoms with E-state index in [4.69, 9.17) is 5.73 Å². The molecule has 21 heavy (non-hydrogen) atoms. The van der Waals surface area contributed by atoms with Crippen molar-refractivity contribution in [1.82, 2.24) is 9.78 Å².